The molecule has 16 heteroatoms. The maximum absolute atomic E-state index is 14.9. The average Bonchev–Trinajstić information content (AvgIpc) is 3.92. The summed E-state index contributed by atoms with van der Waals surface area (Å²) in [6, 6.07) is 0.209. The second-order valence-corrected chi connectivity index (χ2v) is 21.6. The molecule has 5 aliphatic carbocycles. The zero-order chi connectivity index (χ0) is 47.8. The number of fused-ring (bicyclic) bond motifs is 16. The van der Waals surface area contributed by atoms with E-state index in [1.54, 1.807) is 0 Å². The van der Waals surface area contributed by atoms with Crippen molar-refractivity contribution < 1.29 is 28.7 Å². The van der Waals surface area contributed by atoms with Crippen molar-refractivity contribution in [2.75, 3.05) is 13.2 Å². The fourth-order valence-electron chi connectivity index (χ4n) is 12.7. The molecule has 0 spiro atoms. The Labute approximate surface area is 409 Å². The Balaban J connectivity index is 1.04. The number of aromatic nitrogens is 1. The minimum atomic E-state index is -1.20. The van der Waals surface area contributed by atoms with E-state index in [2.05, 4.69) is 77.1 Å². The van der Waals surface area contributed by atoms with Gasteiger partial charge in [0.2, 0.25) is 23.6 Å². The third-order valence-electron chi connectivity index (χ3n) is 16.9. The van der Waals surface area contributed by atoms with E-state index in [9.17, 15) is 24.0 Å². The lowest BCUT2D eigenvalue weighted by Gasteiger charge is -2.37. The van der Waals surface area contributed by atoms with Crippen LogP contribution in [0.15, 0.2) is 29.6 Å². The summed E-state index contributed by atoms with van der Waals surface area (Å²) in [5.74, 6) is 7.64. The van der Waals surface area contributed by atoms with Crippen LogP contribution in [-0.2, 0) is 28.7 Å². The Kier molecular flexibility index (Phi) is 19.0. The van der Waals surface area contributed by atoms with Gasteiger partial charge in [0.25, 0.3) is 5.91 Å². The summed E-state index contributed by atoms with van der Waals surface area (Å²) in [5.41, 5.74) is 9.41. The van der Waals surface area contributed by atoms with Crippen LogP contribution in [0.5, 0.6) is 0 Å². The van der Waals surface area contributed by atoms with E-state index in [1.165, 1.54) is 44.1 Å². The Hall–Kier alpha value is -4.75. The van der Waals surface area contributed by atoms with Crippen LogP contribution >= 0.6 is 0 Å². The maximum Gasteiger partial charge on any atom is 0.255 e. The lowest BCUT2D eigenvalue weighted by atomic mass is 9.70. The van der Waals surface area contributed by atoms with E-state index in [0.29, 0.717) is 55.7 Å². The maximum atomic E-state index is 14.9. The van der Waals surface area contributed by atoms with E-state index in [0.717, 1.165) is 102 Å². The number of carbonyl (C=O) groups excluding carboxylic acids is 5. The standard InChI is InChI=1S/C53H80N10O6/c64-49-34-69-43-23-15-38(16-24-43)31-46(50(65)55-33-48-60-62-63-61-48)58-52(67)45(26-17-35-7-3-1-4-8-35)57-53(68)47(32-37-13-21-40(22-14-37)39-9-5-2-6-10-39)59-51(66)44(56-49)25-18-36-11-19-41(20-12-36)42-27-29-54-30-28-42/h27-30,35-41,43-47,62-63H,1-17,19-24,26,31-34H2,(H,55,65)(H,56,64)(H,57,68)(H,58,67)(H,59,66)(H,60,61). The van der Waals surface area contributed by atoms with Gasteiger partial charge < -0.3 is 31.3 Å². The first-order valence-electron chi connectivity index (χ1n) is 27.1. The van der Waals surface area contributed by atoms with Crippen molar-refractivity contribution in [3.63, 3.8) is 0 Å². The molecular formula is C53H80N10O6. The molecule has 9 rings (SSSR count). The molecule has 0 radical (unpaired) electrons. The average molecular weight is 953 g/mol. The molecule has 2 bridgehead atoms. The number of hydrogen-bond donors (Lipinski definition) is 8. The van der Waals surface area contributed by atoms with E-state index in [-0.39, 0.29) is 42.9 Å². The molecule has 0 aromatic carbocycles. The predicted molar refractivity (Wildman–Crippen MR) is 263 cm³/mol. The van der Waals surface area contributed by atoms with Gasteiger partial charge in [-0.15, -0.1) is 10.6 Å². The van der Waals surface area contributed by atoms with Crippen LogP contribution in [0.2, 0.25) is 0 Å². The van der Waals surface area contributed by atoms with Crippen LogP contribution in [0, 0.1) is 47.3 Å². The van der Waals surface area contributed by atoms with Crippen molar-refractivity contribution in [1.29, 1.82) is 0 Å². The Morgan fingerprint density at radius 1 is 0.667 bits per heavy atom. The first-order valence-corrected chi connectivity index (χ1v) is 27.1. The molecule has 1 aromatic heterocycles. The Morgan fingerprint density at radius 2 is 1.35 bits per heavy atom. The molecule has 7 fully saturated rings. The van der Waals surface area contributed by atoms with Crippen LogP contribution in [-0.4, -0.2) is 83.8 Å². The molecule has 5 saturated carbocycles. The van der Waals surface area contributed by atoms with Crippen LogP contribution in [0.25, 0.3) is 0 Å². The zero-order valence-corrected chi connectivity index (χ0v) is 40.9. The molecule has 8 aliphatic rings. The van der Waals surface area contributed by atoms with Gasteiger partial charge in [0, 0.05) is 18.3 Å². The SMILES string of the molecule is O=C1COC2CCC(CC2)CC(C(=O)NCC2=NNNN2)NC(=O)C(CCC2CCCCC2)NC(=O)C(CC2CCC(C3CCCCC3)CC2)NC(=O)C(C#CC2CCC(c3ccncc3)CC2)N1. The molecule has 4 unspecified atom stereocenters. The van der Waals surface area contributed by atoms with Gasteiger partial charge in [-0.2, -0.15) is 0 Å². The van der Waals surface area contributed by atoms with Crippen molar-refractivity contribution in [2.24, 2.45) is 40.6 Å². The number of amides is 5. The highest BCUT2D eigenvalue weighted by Gasteiger charge is 2.37. The molecule has 4 atom stereocenters. The molecule has 1 aromatic rings. The second-order valence-electron chi connectivity index (χ2n) is 21.6. The number of pyridine rings is 1. The van der Waals surface area contributed by atoms with Gasteiger partial charge in [-0.3, -0.25) is 34.4 Å². The fraction of sp³-hybridized carbons (Fsp3) is 0.755. The molecule has 5 amide bonds. The van der Waals surface area contributed by atoms with Crippen LogP contribution in [0.1, 0.15) is 178 Å². The topological polar surface area (TPSA) is 216 Å². The van der Waals surface area contributed by atoms with Crippen molar-refractivity contribution in [3.8, 4) is 11.8 Å². The third-order valence-corrected chi connectivity index (χ3v) is 16.9. The van der Waals surface area contributed by atoms with Crippen LogP contribution < -0.4 is 43.1 Å². The molecule has 69 heavy (non-hydrogen) atoms. The molecule has 4 heterocycles. The van der Waals surface area contributed by atoms with Gasteiger partial charge in [0.05, 0.1) is 12.6 Å². The van der Waals surface area contributed by atoms with Crippen molar-refractivity contribution >= 4 is 35.4 Å². The number of nitrogens with zero attached hydrogens (tertiary/aromatic N) is 2. The van der Waals surface area contributed by atoms with Gasteiger partial charge >= 0.3 is 0 Å². The summed E-state index contributed by atoms with van der Waals surface area (Å²) in [4.78, 5) is 76.1. The number of ether oxygens (including phenoxy) is 1. The van der Waals surface area contributed by atoms with Gasteiger partial charge in [-0.1, -0.05) is 88.9 Å². The number of nitrogens with one attached hydrogen (secondary N) is 8. The summed E-state index contributed by atoms with van der Waals surface area (Å²) in [7, 11) is 0. The number of amidine groups is 1. The molecule has 2 saturated heterocycles. The van der Waals surface area contributed by atoms with E-state index < -0.39 is 47.8 Å². The number of hydrazine groups is 2. The summed E-state index contributed by atoms with van der Waals surface area (Å²) in [5, 5.41) is 19.3. The highest BCUT2D eigenvalue weighted by molar-refractivity contribution is 5.97. The lowest BCUT2D eigenvalue weighted by molar-refractivity contribution is -0.135. The summed E-state index contributed by atoms with van der Waals surface area (Å²) in [6.07, 6.45) is 28.5. The minimum Gasteiger partial charge on any atom is -0.368 e. The highest BCUT2D eigenvalue weighted by Crippen LogP contribution is 2.41. The summed E-state index contributed by atoms with van der Waals surface area (Å²) >= 11 is 0. The number of rotatable bonds is 10. The second kappa shape index (κ2) is 25.9. The van der Waals surface area contributed by atoms with Crippen LogP contribution in [0.3, 0.4) is 0 Å². The lowest BCUT2D eigenvalue weighted by Crippen LogP contribution is -2.59. The Bertz CT molecular complexity index is 1940. The predicted octanol–water partition coefficient (Wildman–Crippen LogP) is 5.46. The number of carbonyl (C=O) groups is 5. The first-order chi connectivity index (χ1) is 33.7. The Morgan fingerprint density at radius 3 is 2.06 bits per heavy atom. The van der Waals surface area contributed by atoms with Crippen molar-refractivity contribution in [1.82, 2.24) is 48.1 Å². The van der Waals surface area contributed by atoms with Crippen LogP contribution in [0.4, 0.5) is 0 Å². The quantitative estimate of drug-likeness (QED) is 0.110. The first kappa shape index (κ1) is 50.6. The van der Waals surface area contributed by atoms with Crippen molar-refractivity contribution in [3.05, 3.63) is 30.1 Å². The summed E-state index contributed by atoms with van der Waals surface area (Å²) < 4.78 is 6.17. The molecular weight excluding hydrogens is 873 g/mol. The van der Waals surface area contributed by atoms with E-state index >= 15 is 0 Å². The molecule has 8 N–H and O–H groups in total. The third kappa shape index (κ3) is 15.4. The zero-order valence-electron chi connectivity index (χ0n) is 40.9. The summed E-state index contributed by atoms with van der Waals surface area (Å²) in [6.45, 7) is -0.101. The molecule has 3 aliphatic heterocycles. The van der Waals surface area contributed by atoms with Gasteiger partial charge in [-0.25, -0.2) is 5.53 Å². The van der Waals surface area contributed by atoms with Crippen molar-refractivity contribution in [2.45, 2.75) is 203 Å². The fourth-order valence-corrected chi connectivity index (χ4v) is 12.7. The minimum absolute atomic E-state index is 0.0612. The molecule has 16 nitrogen and oxygen atoms in total. The smallest absolute Gasteiger partial charge is 0.255 e. The van der Waals surface area contributed by atoms with E-state index in [4.69, 9.17) is 4.74 Å². The molecule has 378 valence electrons. The van der Waals surface area contributed by atoms with Gasteiger partial charge in [-0.05, 0) is 143 Å². The number of hydrogen-bond acceptors (Lipinski definition) is 11. The number of hydrazone groups is 1. The van der Waals surface area contributed by atoms with E-state index in [1.807, 2.05) is 12.4 Å². The largest absolute Gasteiger partial charge is 0.368 e. The monoisotopic (exact) mass is 953 g/mol. The highest BCUT2D eigenvalue weighted by atomic mass is 16.5. The van der Waals surface area contributed by atoms with Gasteiger partial charge in [0.1, 0.15) is 24.7 Å². The van der Waals surface area contributed by atoms with Gasteiger partial charge in [0.15, 0.2) is 11.9 Å². The normalized spacial score (nSPS) is 32.7.